The van der Waals surface area contributed by atoms with E-state index >= 15 is 0 Å². The van der Waals surface area contributed by atoms with Crippen LogP contribution >= 0.6 is 11.3 Å². The van der Waals surface area contributed by atoms with Gasteiger partial charge in [0.05, 0.1) is 16.2 Å². The highest BCUT2D eigenvalue weighted by Gasteiger charge is 2.20. The minimum absolute atomic E-state index is 0.00667. The quantitative estimate of drug-likeness (QED) is 0.917. The summed E-state index contributed by atoms with van der Waals surface area (Å²) in [6.07, 6.45) is 0.432. The Labute approximate surface area is 128 Å². The van der Waals surface area contributed by atoms with Crippen LogP contribution in [0.2, 0.25) is 0 Å². The van der Waals surface area contributed by atoms with Gasteiger partial charge in [0.1, 0.15) is 0 Å². The molecule has 1 aromatic heterocycles. The molecule has 0 radical (unpaired) electrons. The molecule has 0 bridgehead atoms. The molecule has 4 nitrogen and oxygen atoms in total. The van der Waals surface area contributed by atoms with Gasteiger partial charge in [0, 0.05) is 0 Å². The van der Waals surface area contributed by atoms with Gasteiger partial charge in [0.15, 0.2) is 9.84 Å². The average molecular weight is 324 g/mol. The number of hydrogen-bond acceptors (Lipinski definition) is 4. The Hall–Kier alpha value is -1.66. The third kappa shape index (κ3) is 3.51. The molecule has 0 saturated heterocycles. The van der Waals surface area contributed by atoms with Crippen LogP contribution in [-0.4, -0.2) is 25.2 Å². The van der Waals surface area contributed by atoms with Gasteiger partial charge in [0.25, 0.3) is 0 Å². The third-order valence-electron chi connectivity index (χ3n) is 3.44. The molecular weight excluding hydrogens is 308 g/mol. The van der Waals surface area contributed by atoms with Crippen LogP contribution in [0.5, 0.6) is 0 Å². The number of benzene rings is 1. The summed E-state index contributed by atoms with van der Waals surface area (Å²) in [7, 11) is -3.50. The first kappa shape index (κ1) is 15.7. The maximum atomic E-state index is 12.5. The number of carbonyl (C=O) groups is 1. The van der Waals surface area contributed by atoms with Gasteiger partial charge in [-0.3, -0.25) is 0 Å². The number of hydrogen-bond donors (Lipinski definition) is 1. The molecule has 2 aromatic rings. The molecule has 0 aliphatic rings. The molecule has 1 aromatic carbocycles. The predicted molar refractivity (Wildman–Crippen MR) is 83.0 cm³/mol. The van der Waals surface area contributed by atoms with Gasteiger partial charge in [-0.1, -0.05) is 0 Å². The van der Waals surface area contributed by atoms with Crippen molar-refractivity contribution < 1.29 is 18.3 Å². The van der Waals surface area contributed by atoms with E-state index in [1.807, 2.05) is 16.8 Å². The lowest BCUT2D eigenvalue weighted by atomic mass is 10.1. The van der Waals surface area contributed by atoms with Crippen LogP contribution in [0, 0.1) is 13.8 Å². The summed E-state index contributed by atoms with van der Waals surface area (Å²) in [6, 6.07) is 4.65. The van der Waals surface area contributed by atoms with E-state index in [1.54, 1.807) is 13.8 Å². The highest BCUT2D eigenvalue weighted by atomic mass is 32.2. The number of carboxylic acids is 1. The van der Waals surface area contributed by atoms with Crippen LogP contribution in [0.25, 0.3) is 0 Å². The fourth-order valence-electron chi connectivity index (χ4n) is 2.07. The van der Waals surface area contributed by atoms with Crippen molar-refractivity contribution in [2.45, 2.75) is 25.2 Å². The van der Waals surface area contributed by atoms with Crippen molar-refractivity contribution in [1.82, 2.24) is 0 Å². The summed E-state index contributed by atoms with van der Waals surface area (Å²) < 4.78 is 25.0. The summed E-state index contributed by atoms with van der Waals surface area (Å²) in [5.41, 5.74) is 2.27. The fraction of sp³-hybridized carbons (Fsp3) is 0.267. The fourth-order valence-corrected chi connectivity index (χ4v) is 4.43. The molecule has 0 fully saturated rings. The predicted octanol–water partition coefficient (Wildman–Crippen LogP) is 3.08. The molecule has 0 spiro atoms. The molecule has 0 saturated carbocycles. The first-order valence-electron chi connectivity index (χ1n) is 6.39. The van der Waals surface area contributed by atoms with Gasteiger partial charge >= 0.3 is 5.97 Å². The first-order chi connectivity index (χ1) is 9.81. The highest BCUT2D eigenvalue weighted by molar-refractivity contribution is 7.91. The summed E-state index contributed by atoms with van der Waals surface area (Å²) in [5.74, 6) is -1.14. The lowest BCUT2D eigenvalue weighted by molar-refractivity contribution is 0.0696. The Bertz CT molecular complexity index is 759. The average Bonchev–Trinajstić information content (AvgIpc) is 2.92. The van der Waals surface area contributed by atoms with Crippen LogP contribution in [0.1, 0.15) is 27.0 Å². The lowest BCUT2D eigenvalue weighted by Gasteiger charge is -2.11. The minimum atomic E-state index is -3.50. The monoisotopic (exact) mass is 324 g/mol. The van der Waals surface area contributed by atoms with Crippen LogP contribution < -0.4 is 0 Å². The van der Waals surface area contributed by atoms with Crippen molar-refractivity contribution in [3.8, 4) is 0 Å². The molecule has 0 unspecified atom stereocenters. The van der Waals surface area contributed by atoms with Crippen LogP contribution in [0.15, 0.2) is 33.9 Å². The largest absolute Gasteiger partial charge is 0.478 e. The van der Waals surface area contributed by atoms with Crippen molar-refractivity contribution in [1.29, 1.82) is 0 Å². The number of carboxylic acid groups (broad SMARTS) is 1. The molecule has 6 heteroatoms. The second-order valence-corrected chi connectivity index (χ2v) is 7.78. The Balaban J connectivity index is 2.37. The highest BCUT2D eigenvalue weighted by Crippen LogP contribution is 2.23. The van der Waals surface area contributed by atoms with E-state index in [2.05, 4.69) is 0 Å². The van der Waals surface area contributed by atoms with Gasteiger partial charge in [-0.15, -0.1) is 0 Å². The van der Waals surface area contributed by atoms with E-state index in [0.29, 0.717) is 17.5 Å². The van der Waals surface area contributed by atoms with Gasteiger partial charge < -0.3 is 5.11 Å². The molecule has 0 atom stereocenters. The zero-order valence-corrected chi connectivity index (χ0v) is 13.4. The number of aromatic carboxylic acids is 1. The van der Waals surface area contributed by atoms with E-state index in [1.165, 1.54) is 23.5 Å². The van der Waals surface area contributed by atoms with Crippen LogP contribution in [0.3, 0.4) is 0 Å². The standard InChI is InChI=1S/C15H16O4S2/c1-10-7-13(15(16)17)8-14(11(10)2)21(18,19)6-4-12-3-5-20-9-12/h3,5,7-9H,4,6H2,1-2H3,(H,16,17). The molecule has 112 valence electrons. The molecule has 0 aliphatic heterocycles. The molecule has 21 heavy (non-hydrogen) atoms. The van der Waals surface area contributed by atoms with Crippen molar-refractivity contribution in [3.63, 3.8) is 0 Å². The maximum absolute atomic E-state index is 12.5. The number of sulfone groups is 1. The summed E-state index contributed by atoms with van der Waals surface area (Å²) in [4.78, 5) is 11.2. The zero-order chi connectivity index (χ0) is 15.6. The second-order valence-electron chi connectivity index (χ2n) is 4.92. The topological polar surface area (TPSA) is 71.4 Å². The molecule has 0 aliphatic carbocycles. The second kappa shape index (κ2) is 5.99. The normalized spacial score (nSPS) is 11.5. The van der Waals surface area contributed by atoms with Gasteiger partial charge in [-0.2, -0.15) is 11.3 Å². The Kier molecular flexibility index (Phi) is 4.49. The van der Waals surface area contributed by atoms with E-state index < -0.39 is 15.8 Å². The Morgan fingerprint density at radius 1 is 1.29 bits per heavy atom. The maximum Gasteiger partial charge on any atom is 0.335 e. The van der Waals surface area contributed by atoms with Gasteiger partial charge in [0.2, 0.25) is 0 Å². The minimum Gasteiger partial charge on any atom is -0.478 e. The van der Waals surface area contributed by atoms with Gasteiger partial charge in [-0.25, -0.2) is 13.2 Å². The first-order valence-corrected chi connectivity index (χ1v) is 8.99. The van der Waals surface area contributed by atoms with E-state index in [0.717, 1.165) is 5.56 Å². The Morgan fingerprint density at radius 3 is 2.57 bits per heavy atom. The molecule has 1 heterocycles. The smallest absolute Gasteiger partial charge is 0.335 e. The van der Waals surface area contributed by atoms with Crippen molar-refractivity contribution in [2.24, 2.45) is 0 Å². The molecular formula is C15H16O4S2. The van der Waals surface area contributed by atoms with Crippen molar-refractivity contribution in [3.05, 3.63) is 51.2 Å². The molecule has 2 rings (SSSR count). The lowest BCUT2D eigenvalue weighted by Crippen LogP contribution is -2.13. The summed E-state index contributed by atoms with van der Waals surface area (Å²) >= 11 is 1.53. The van der Waals surface area contributed by atoms with Crippen molar-refractivity contribution >= 4 is 27.1 Å². The van der Waals surface area contributed by atoms with E-state index in [4.69, 9.17) is 5.11 Å². The van der Waals surface area contributed by atoms with E-state index in [-0.39, 0.29) is 16.2 Å². The molecule has 0 amide bonds. The third-order valence-corrected chi connectivity index (χ3v) is 6.01. The van der Waals surface area contributed by atoms with Crippen LogP contribution in [-0.2, 0) is 16.3 Å². The Morgan fingerprint density at radius 2 is 2.00 bits per heavy atom. The van der Waals surface area contributed by atoms with E-state index in [9.17, 15) is 13.2 Å². The summed E-state index contributed by atoms with van der Waals surface area (Å²) in [6.45, 7) is 3.43. The van der Waals surface area contributed by atoms with Gasteiger partial charge in [-0.05, 0) is 65.9 Å². The number of rotatable bonds is 5. The van der Waals surface area contributed by atoms with Crippen LogP contribution in [0.4, 0.5) is 0 Å². The molecule has 1 N–H and O–H groups in total. The number of thiophene rings is 1. The van der Waals surface area contributed by atoms with Crippen molar-refractivity contribution in [2.75, 3.05) is 5.75 Å². The number of aryl methyl sites for hydroxylation is 2. The SMILES string of the molecule is Cc1cc(C(=O)O)cc(S(=O)(=O)CCc2ccsc2)c1C. The summed E-state index contributed by atoms with van der Waals surface area (Å²) in [5, 5.41) is 12.9. The zero-order valence-electron chi connectivity index (χ0n) is 11.8.